The van der Waals surface area contributed by atoms with E-state index < -0.39 is 0 Å². The van der Waals surface area contributed by atoms with Gasteiger partial charge < -0.3 is 5.73 Å². The second kappa shape index (κ2) is 8.01. The molecule has 17 heavy (non-hydrogen) atoms. The van der Waals surface area contributed by atoms with E-state index in [-0.39, 0.29) is 0 Å². The summed E-state index contributed by atoms with van der Waals surface area (Å²) in [6, 6.07) is 1.97. The first kappa shape index (κ1) is 13.9. The third-order valence-corrected chi connectivity index (χ3v) is 2.99. The zero-order chi connectivity index (χ0) is 12.5. The maximum absolute atomic E-state index is 11.6. The number of Topliss-reactive ketones (excluding diaryl/α,β-unsaturated/α-hetero) is 1. The zero-order valence-corrected chi connectivity index (χ0v) is 10.7. The molecule has 1 heterocycles. The molecule has 96 valence electrons. The van der Waals surface area contributed by atoms with Crippen LogP contribution in [-0.2, 0) is 18.3 Å². The first-order valence-electron chi connectivity index (χ1n) is 6.42. The summed E-state index contributed by atoms with van der Waals surface area (Å²) in [5.41, 5.74) is 6.54. The van der Waals surface area contributed by atoms with Crippen molar-refractivity contribution in [2.24, 2.45) is 12.8 Å². The Morgan fingerprint density at radius 1 is 1.29 bits per heavy atom. The predicted octanol–water partition coefficient (Wildman–Crippen LogP) is 1.83. The highest BCUT2D eigenvalue weighted by molar-refractivity contribution is 5.78. The van der Waals surface area contributed by atoms with Crippen LogP contribution in [-0.4, -0.2) is 22.1 Å². The summed E-state index contributed by atoms with van der Waals surface area (Å²) in [6.07, 6.45) is 8.26. The van der Waals surface area contributed by atoms with Gasteiger partial charge in [0.05, 0.1) is 0 Å². The number of unbranched alkanes of at least 4 members (excludes halogenated alkanes) is 3. The average molecular weight is 237 g/mol. The third-order valence-electron chi connectivity index (χ3n) is 2.99. The Kier molecular flexibility index (Phi) is 6.55. The quantitative estimate of drug-likeness (QED) is 0.666. The number of aryl methyl sites for hydroxylation is 2. The second-order valence-electron chi connectivity index (χ2n) is 4.44. The summed E-state index contributed by atoms with van der Waals surface area (Å²) in [7, 11) is 1.91. The van der Waals surface area contributed by atoms with Crippen LogP contribution in [0.25, 0.3) is 0 Å². The predicted molar refractivity (Wildman–Crippen MR) is 68.7 cm³/mol. The van der Waals surface area contributed by atoms with Crippen LogP contribution in [0.1, 0.15) is 44.2 Å². The van der Waals surface area contributed by atoms with Crippen molar-refractivity contribution in [2.75, 3.05) is 6.54 Å². The number of hydrogen-bond donors (Lipinski definition) is 1. The smallest absolute Gasteiger partial charge is 0.133 e. The van der Waals surface area contributed by atoms with Gasteiger partial charge in [0.15, 0.2) is 0 Å². The fourth-order valence-electron chi connectivity index (χ4n) is 1.86. The first-order valence-corrected chi connectivity index (χ1v) is 6.42. The van der Waals surface area contributed by atoms with Crippen LogP contribution in [0.5, 0.6) is 0 Å². The number of rotatable bonds is 9. The highest BCUT2D eigenvalue weighted by Crippen LogP contribution is 2.07. The van der Waals surface area contributed by atoms with Gasteiger partial charge in [0.1, 0.15) is 5.78 Å². The van der Waals surface area contributed by atoms with Crippen molar-refractivity contribution < 1.29 is 4.79 Å². The molecule has 0 spiro atoms. The first-order chi connectivity index (χ1) is 8.24. The molecule has 0 atom stereocenters. The Hall–Kier alpha value is -1.16. The van der Waals surface area contributed by atoms with Gasteiger partial charge in [-0.05, 0) is 31.9 Å². The number of carbonyl (C=O) groups excluding carboxylic acids is 1. The highest BCUT2D eigenvalue weighted by Gasteiger charge is 2.04. The third kappa shape index (κ3) is 5.63. The van der Waals surface area contributed by atoms with Gasteiger partial charge in [-0.15, -0.1) is 0 Å². The summed E-state index contributed by atoms with van der Waals surface area (Å²) in [5.74, 6) is 0.360. The summed E-state index contributed by atoms with van der Waals surface area (Å²) in [4.78, 5) is 11.6. The monoisotopic (exact) mass is 237 g/mol. The molecule has 1 rings (SSSR count). The minimum atomic E-state index is 0.360. The molecule has 0 aromatic carbocycles. The molecule has 0 aliphatic heterocycles. The van der Waals surface area contributed by atoms with E-state index in [0.29, 0.717) is 18.6 Å². The van der Waals surface area contributed by atoms with Crippen molar-refractivity contribution in [3.05, 3.63) is 18.0 Å². The van der Waals surface area contributed by atoms with Crippen molar-refractivity contribution >= 4 is 5.78 Å². The van der Waals surface area contributed by atoms with Crippen molar-refractivity contribution in [3.8, 4) is 0 Å². The van der Waals surface area contributed by atoms with Gasteiger partial charge in [-0.25, -0.2) is 0 Å². The molecule has 1 aromatic heterocycles. The normalized spacial score (nSPS) is 10.7. The van der Waals surface area contributed by atoms with Crippen molar-refractivity contribution in [3.63, 3.8) is 0 Å². The average Bonchev–Trinajstić information content (AvgIpc) is 2.72. The molecule has 0 amide bonds. The lowest BCUT2D eigenvalue weighted by atomic mass is 10.1. The van der Waals surface area contributed by atoms with Gasteiger partial charge in [-0.3, -0.25) is 9.48 Å². The second-order valence-corrected chi connectivity index (χ2v) is 4.44. The number of aromatic nitrogens is 2. The molecule has 0 aliphatic carbocycles. The minimum Gasteiger partial charge on any atom is -0.330 e. The summed E-state index contributed by atoms with van der Waals surface area (Å²) >= 11 is 0. The molecule has 0 aliphatic rings. The Balaban J connectivity index is 2.07. The van der Waals surface area contributed by atoms with E-state index in [1.54, 1.807) is 6.20 Å². The molecule has 0 saturated carbocycles. The molecule has 4 nitrogen and oxygen atoms in total. The van der Waals surface area contributed by atoms with Crippen LogP contribution in [0.4, 0.5) is 0 Å². The van der Waals surface area contributed by atoms with Gasteiger partial charge >= 0.3 is 0 Å². The summed E-state index contributed by atoms with van der Waals surface area (Å²) < 4.78 is 1.83. The Morgan fingerprint density at radius 3 is 2.71 bits per heavy atom. The van der Waals surface area contributed by atoms with E-state index in [1.165, 1.54) is 0 Å². The molecule has 0 unspecified atom stereocenters. The molecule has 0 saturated heterocycles. The van der Waals surface area contributed by atoms with E-state index in [0.717, 1.165) is 44.3 Å². The van der Waals surface area contributed by atoms with Crippen LogP contribution in [0.3, 0.4) is 0 Å². The summed E-state index contributed by atoms with van der Waals surface area (Å²) in [5, 5.41) is 4.08. The van der Waals surface area contributed by atoms with E-state index in [4.69, 9.17) is 5.73 Å². The Morgan fingerprint density at radius 2 is 2.06 bits per heavy atom. The topological polar surface area (TPSA) is 60.9 Å². The van der Waals surface area contributed by atoms with E-state index in [1.807, 2.05) is 17.8 Å². The van der Waals surface area contributed by atoms with Crippen LogP contribution in [0, 0.1) is 0 Å². The highest BCUT2D eigenvalue weighted by atomic mass is 16.1. The SMILES string of the molecule is Cn1nccc1CCC(=O)CCCCCCN. The largest absolute Gasteiger partial charge is 0.330 e. The molecular weight excluding hydrogens is 214 g/mol. The fraction of sp³-hybridized carbons (Fsp3) is 0.692. The lowest BCUT2D eigenvalue weighted by Gasteiger charge is -2.02. The molecule has 0 radical (unpaired) electrons. The fourth-order valence-corrected chi connectivity index (χ4v) is 1.86. The van der Waals surface area contributed by atoms with Gasteiger partial charge in [-0.2, -0.15) is 5.10 Å². The van der Waals surface area contributed by atoms with Crippen LogP contribution in [0.15, 0.2) is 12.3 Å². The zero-order valence-electron chi connectivity index (χ0n) is 10.7. The molecular formula is C13H23N3O. The molecule has 4 heteroatoms. The van der Waals surface area contributed by atoms with Gasteiger partial charge in [0.2, 0.25) is 0 Å². The maximum Gasteiger partial charge on any atom is 0.133 e. The lowest BCUT2D eigenvalue weighted by Crippen LogP contribution is -2.04. The molecule has 2 N–H and O–H groups in total. The number of nitrogens with zero attached hydrogens (tertiary/aromatic N) is 2. The Bertz CT molecular complexity index is 333. The van der Waals surface area contributed by atoms with Crippen molar-refractivity contribution in [1.82, 2.24) is 9.78 Å². The molecule has 0 bridgehead atoms. The number of carbonyl (C=O) groups is 1. The lowest BCUT2D eigenvalue weighted by molar-refractivity contribution is -0.119. The van der Waals surface area contributed by atoms with Crippen LogP contribution in [0.2, 0.25) is 0 Å². The van der Waals surface area contributed by atoms with E-state index >= 15 is 0 Å². The maximum atomic E-state index is 11.6. The van der Waals surface area contributed by atoms with Crippen LogP contribution >= 0.6 is 0 Å². The van der Waals surface area contributed by atoms with Gasteiger partial charge in [0, 0.05) is 31.8 Å². The number of hydrogen-bond acceptors (Lipinski definition) is 3. The van der Waals surface area contributed by atoms with Crippen LogP contribution < -0.4 is 5.73 Å². The number of ketones is 1. The van der Waals surface area contributed by atoms with E-state index in [2.05, 4.69) is 5.10 Å². The number of nitrogens with two attached hydrogens (primary N) is 1. The minimum absolute atomic E-state index is 0.360. The molecule has 1 aromatic rings. The summed E-state index contributed by atoms with van der Waals surface area (Å²) in [6.45, 7) is 0.758. The standard InChI is InChI=1S/C13H23N3O/c1-16-12(9-11-15-16)7-8-13(17)6-4-2-3-5-10-14/h9,11H,2-8,10,14H2,1H3. The molecule has 0 fully saturated rings. The van der Waals surface area contributed by atoms with Crippen molar-refractivity contribution in [2.45, 2.75) is 44.9 Å². The van der Waals surface area contributed by atoms with Crippen molar-refractivity contribution in [1.29, 1.82) is 0 Å². The van der Waals surface area contributed by atoms with Gasteiger partial charge in [0.25, 0.3) is 0 Å². The van der Waals surface area contributed by atoms with E-state index in [9.17, 15) is 4.79 Å². The Labute approximate surface area is 103 Å². The van der Waals surface area contributed by atoms with Gasteiger partial charge in [-0.1, -0.05) is 12.8 Å².